The van der Waals surface area contributed by atoms with E-state index in [2.05, 4.69) is 15.6 Å². The van der Waals surface area contributed by atoms with Crippen LogP contribution in [0.15, 0.2) is 6.20 Å². The van der Waals surface area contributed by atoms with E-state index >= 15 is 0 Å². The van der Waals surface area contributed by atoms with Crippen LogP contribution in [0, 0.1) is 24.0 Å². The fraction of sp³-hybridized carbons (Fsp3) is 0.571. The molecule has 1 rings (SSSR count). The Morgan fingerprint density at radius 3 is 2.52 bits per heavy atom. The lowest BCUT2D eigenvalue weighted by Gasteiger charge is -2.16. The lowest BCUT2D eigenvalue weighted by atomic mass is 10.1. The van der Waals surface area contributed by atoms with Gasteiger partial charge in [-0.25, -0.2) is 0 Å². The Hall–Kier alpha value is -2.02. The number of rotatable bonds is 6. The minimum Gasteiger partial charge on any atom is -0.353 e. The topological polar surface area (TPSA) is 97.2 Å². The SMILES string of the molecule is Cc1cnc(CNC(C)C(=O)NC(C)C)c(C)c1[N+](=O)[O-]. The molecular weight excluding hydrogens is 272 g/mol. The molecule has 0 aliphatic carbocycles. The van der Waals surface area contributed by atoms with Crippen molar-refractivity contribution in [2.75, 3.05) is 0 Å². The van der Waals surface area contributed by atoms with Crippen LogP contribution in [0.4, 0.5) is 5.69 Å². The average Bonchev–Trinajstić information content (AvgIpc) is 2.36. The molecule has 7 nitrogen and oxygen atoms in total. The first-order valence-corrected chi connectivity index (χ1v) is 6.87. The van der Waals surface area contributed by atoms with Crippen LogP contribution in [-0.4, -0.2) is 27.9 Å². The molecule has 0 spiro atoms. The molecule has 0 aromatic carbocycles. The minimum atomic E-state index is -0.398. The van der Waals surface area contributed by atoms with Crippen molar-refractivity contribution in [3.05, 3.63) is 33.1 Å². The predicted octanol–water partition coefficient (Wildman–Crippen LogP) is 1.61. The van der Waals surface area contributed by atoms with Gasteiger partial charge in [0.05, 0.1) is 16.7 Å². The van der Waals surface area contributed by atoms with E-state index in [0.717, 1.165) is 0 Å². The summed E-state index contributed by atoms with van der Waals surface area (Å²) in [6, 6.07) is -0.323. The van der Waals surface area contributed by atoms with Gasteiger partial charge in [-0.3, -0.25) is 19.9 Å². The molecule has 1 aromatic heterocycles. The number of amides is 1. The summed E-state index contributed by atoms with van der Waals surface area (Å²) in [5, 5.41) is 16.9. The van der Waals surface area contributed by atoms with Crippen LogP contribution in [-0.2, 0) is 11.3 Å². The second-order valence-corrected chi connectivity index (χ2v) is 5.38. The molecule has 0 aliphatic heterocycles. The number of nitrogens with one attached hydrogen (secondary N) is 2. The summed E-state index contributed by atoms with van der Waals surface area (Å²) >= 11 is 0. The molecule has 0 aliphatic rings. The second-order valence-electron chi connectivity index (χ2n) is 5.38. The molecule has 116 valence electrons. The highest BCUT2D eigenvalue weighted by Crippen LogP contribution is 2.23. The molecule has 0 saturated carbocycles. The van der Waals surface area contributed by atoms with Gasteiger partial charge in [0.15, 0.2) is 0 Å². The maximum Gasteiger partial charge on any atom is 0.278 e. The van der Waals surface area contributed by atoms with Gasteiger partial charge in [0, 0.05) is 29.9 Å². The molecule has 1 heterocycles. The van der Waals surface area contributed by atoms with Gasteiger partial charge < -0.3 is 10.6 Å². The van der Waals surface area contributed by atoms with Crippen molar-refractivity contribution in [1.82, 2.24) is 15.6 Å². The molecule has 0 bridgehead atoms. The van der Waals surface area contributed by atoms with Crippen LogP contribution < -0.4 is 10.6 Å². The highest BCUT2D eigenvalue weighted by molar-refractivity contribution is 5.81. The summed E-state index contributed by atoms with van der Waals surface area (Å²) in [6.45, 7) is 9.16. The largest absolute Gasteiger partial charge is 0.353 e. The molecule has 1 aromatic rings. The lowest BCUT2D eigenvalue weighted by molar-refractivity contribution is -0.386. The van der Waals surface area contributed by atoms with Gasteiger partial charge in [0.2, 0.25) is 5.91 Å². The fourth-order valence-electron chi connectivity index (χ4n) is 1.98. The van der Waals surface area contributed by atoms with Gasteiger partial charge in [-0.1, -0.05) is 0 Å². The summed E-state index contributed by atoms with van der Waals surface area (Å²) in [5.41, 5.74) is 1.73. The van der Waals surface area contributed by atoms with Crippen LogP contribution in [0.25, 0.3) is 0 Å². The standard InChI is InChI=1S/C14H22N4O3/c1-8(2)17-14(19)11(5)15-7-12-10(4)13(18(20)21)9(3)6-16-12/h6,8,11,15H,7H2,1-5H3,(H,17,19). The van der Waals surface area contributed by atoms with Gasteiger partial charge in [0.1, 0.15) is 0 Å². The van der Waals surface area contributed by atoms with Crippen molar-refractivity contribution in [1.29, 1.82) is 0 Å². The quantitative estimate of drug-likeness (QED) is 0.613. The smallest absolute Gasteiger partial charge is 0.278 e. The number of aromatic nitrogens is 1. The van der Waals surface area contributed by atoms with Crippen molar-refractivity contribution in [2.45, 2.75) is 53.2 Å². The van der Waals surface area contributed by atoms with Gasteiger partial charge in [-0.15, -0.1) is 0 Å². The summed E-state index contributed by atoms with van der Waals surface area (Å²) in [6.07, 6.45) is 1.49. The Bertz CT molecular complexity index is 543. The van der Waals surface area contributed by atoms with E-state index < -0.39 is 11.0 Å². The molecule has 0 fully saturated rings. The van der Waals surface area contributed by atoms with Crippen molar-refractivity contribution in [3.8, 4) is 0 Å². The van der Waals surface area contributed by atoms with Gasteiger partial charge in [-0.2, -0.15) is 0 Å². The Morgan fingerprint density at radius 1 is 1.38 bits per heavy atom. The van der Waals surface area contributed by atoms with Crippen LogP contribution in [0.1, 0.15) is 37.6 Å². The van der Waals surface area contributed by atoms with Crippen LogP contribution in [0.3, 0.4) is 0 Å². The fourth-order valence-corrected chi connectivity index (χ4v) is 1.98. The zero-order valence-electron chi connectivity index (χ0n) is 13.1. The number of carbonyl (C=O) groups is 1. The third kappa shape index (κ3) is 4.49. The van der Waals surface area contributed by atoms with E-state index in [9.17, 15) is 14.9 Å². The number of hydrogen-bond acceptors (Lipinski definition) is 5. The van der Waals surface area contributed by atoms with E-state index in [-0.39, 0.29) is 17.6 Å². The van der Waals surface area contributed by atoms with Crippen molar-refractivity contribution < 1.29 is 9.72 Å². The first-order chi connectivity index (χ1) is 9.73. The minimum absolute atomic E-state index is 0.0714. The monoisotopic (exact) mass is 294 g/mol. The Kier molecular flexibility index (Phi) is 5.78. The molecule has 2 N–H and O–H groups in total. The van der Waals surface area contributed by atoms with E-state index in [4.69, 9.17) is 0 Å². The highest BCUT2D eigenvalue weighted by Gasteiger charge is 2.20. The number of nitro groups is 1. The number of aryl methyl sites for hydroxylation is 1. The first-order valence-electron chi connectivity index (χ1n) is 6.87. The lowest BCUT2D eigenvalue weighted by Crippen LogP contribution is -2.44. The van der Waals surface area contributed by atoms with Crippen molar-refractivity contribution in [3.63, 3.8) is 0 Å². The highest BCUT2D eigenvalue weighted by atomic mass is 16.6. The number of pyridine rings is 1. The molecule has 1 unspecified atom stereocenters. The zero-order chi connectivity index (χ0) is 16.2. The van der Waals surface area contributed by atoms with E-state index in [1.54, 1.807) is 20.8 Å². The van der Waals surface area contributed by atoms with Crippen molar-refractivity contribution in [2.24, 2.45) is 0 Å². The molecule has 0 radical (unpaired) electrons. The van der Waals surface area contributed by atoms with E-state index in [0.29, 0.717) is 23.4 Å². The Labute approximate surface area is 124 Å². The number of carbonyl (C=O) groups excluding carboxylic acids is 1. The third-order valence-electron chi connectivity index (χ3n) is 3.16. The third-order valence-corrected chi connectivity index (χ3v) is 3.16. The second kappa shape index (κ2) is 7.12. The first kappa shape index (κ1) is 17.0. The van der Waals surface area contributed by atoms with Gasteiger partial charge in [0.25, 0.3) is 5.69 Å². The van der Waals surface area contributed by atoms with E-state index in [1.807, 2.05) is 13.8 Å². The van der Waals surface area contributed by atoms with Crippen LogP contribution in [0.5, 0.6) is 0 Å². The summed E-state index contributed by atoms with van der Waals surface area (Å²) in [4.78, 5) is 26.7. The maximum atomic E-state index is 11.8. The number of nitrogens with zero attached hydrogens (tertiary/aromatic N) is 2. The zero-order valence-corrected chi connectivity index (χ0v) is 13.1. The maximum absolute atomic E-state index is 11.8. The van der Waals surface area contributed by atoms with Gasteiger partial charge >= 0.3 is 0 Å². The normalized spacial score (nSPS) is 12.3. The summed E-state index contributed by atoms with van der Waals surface area (Å²) in [5.74, 6) is -0.107. The Morgan fingerprint density at radius 2 is 2.00 bits per heavy atom. The van der Waals surface area contributed by atoms with E-state index in [1.165, 1.54) is 6.20 Å². The molecule has 1 amide bonds. The molecule has 0 saturated heterocycles. The molecule has 7 heteroatoms. The van der Waals surface area contributed by atoms with Crippen LogP contribution >= 0.6 is 0 Å². The summed E-state index contributed by atoms with van der Waals surface area (Å²) in [7, 11) is 0. The van der Waals surface area contributed by atoms with Gasteiger partial charge in [-0.05, 0) is 34.6 Å². The summed E-state index contributed by atoms with van der Waals surface area (Å²) < 4.78 is 0. The Balaban J connectivity index is 2.79. The predicted molar refractivity (Wildman–Crippen MR) is 79.9 cm³/mol. The van der Waals surface area contributed by atoms with Crippen LogP contribution in [0.2, 0.25) is 0 Å². The molecular formula is C14H22N4O3. The molecule has 1 atom stereocenters. The van der Waals surface area contributed by atoms with Crippen molar-refractivity contribution >= 4 is 11.6 Å². The average molecular weight is 294 g/mol. The molecule has 21 heavy (non-hydrogen) atoms. The number of hydrogen-bond donors (Lipinski definition) is 2.